The third-order valence-corrected chi connectivity index (χ3v) is 5.17. The van der Waals surface area contributed by atoms with Crippen LogP contribution in [-0.4, -0.2) is 51.5 Å². The number of pyridine rings is 1. The predicted octanol–water partition coefficient (Wildman–Crippen LogP) is 3.30. The maximum absolute atomic E-state index is 12.8. The number of nitrogens with zero attached hydrogens (tertiary/aromatic N) is 2. The van der Waals surface area contributed by atoms with Crippen molar-refractivity contribution in [1.29, 1.82) is 0 Å². The van der Waals surface area contributed by atoms with Crippen LogP contribution in [0.15, 0.2) is 42.6 Å². The van der Waals surface area contributed by atoms with Crippen molar-refractivity contribution in [3.63, 3.8) is 0 Å². The molecule has 9 nitrogen and oxygen atoms in total. The number of nitrogens with one attached hydrogen (secondary N) is 2. The number of carboxylic acid groups (broad SMARTS) is 1. The Morgan fingerprint density at radius 1 is 1.12 bits per heavy atom. The minimum absolute atomic E-state index is 0.0782. The summed E-state index contributed by atoms with van der Waals surface area (Å²) in [5.74, 6) is -1.22. The van der Waals surface area contributed by atoms with Gasteiger partial charge in [0.2, 0.25) is 0 Å². The smallest absolute Gasteiger partial charge is 0.325 e. The first-order valence-electron chi connectivity index (χ1n) is 10.8. The van der Waals surface area contributed by atoms with E-state index in [1.807, 2.05) is 24.3 Å². The SMILES string of the molecule is CCOC(=O)CNc1c(-c2ccc(C(C)C)cc2)nc2c(C(=O)NC(C)C(=O)O)cccn12. The van der Waals surface area contributed by atoms with Crippen LogP contribution >= 0.6 is 0 Å². The second-order valence-electron chi connectivity index (χ2n) is 7.89. The molecule has 0 aliphatic carbocycles. The van der Waals surface area contributed by atoms with Crippen molar-refractivity contribution in [3.8, 4) is 11.3 Å². The highest BCUT2D eigenvalue weighted by Gasteiger charge is 2.22. The van der Waals surface area contributed by atoms with Gasteiger partial charge in [0.05, 0.1) is 12.2 Å². The Labute approximate surface area is 191 Å². The number of benzene rings is 1. The Kier molecular flexibility index (Phi) is 7.32. The van der Waals surface area contributed by atoms with Gasteiger partial charge in [0.25, 0.3) is 5.91 Å². The molecule has 174 valence electrons. The lowest BCUT2D eigenvalue weighted by Gasteiger charge is -2.11. The first-order valence-corrected chi connectivity index (χ1v) is 10.8. The number of carbonyl (C=O) groups is 3. The number of carbonyl (C=O) groups excluding carboxylic acids is 2. The van der Waals surface area contributed by atoms with Crippen molar-refractivity contribution in [2.24, 2.45) is 0 Å². The van der Waals surface area contributed by atoms with Crippen molar-refractivity contribution in [3.05, 3.63) is 53.7 Å². The van der Waals surface area contributed by atoms with E-state index in [4.69, 9.17) is 14.8 Å². The molecule has 0 saturated heterocycles. The minimum Gasteiger partial charge on any atom is -0.480 e. The molecule has 1 amide bonds. The van der Waals surface area contributed by atoms with Crippen molar-refractivity contribution >= 4 is 29.3 Å². The molecule has 0 fully saturated rings. The van der Waals surface area contributed by atoms with E-state index in [-0.39, 0.29) is 18.7 Å². The molecule has 3 rings (SSSR count). The summed E-state index contributed by atoms with van der Waals surface area (Å²) in [6, 6.07) is 10.1. The van der Waals surface area contributed by atoms with Crippen molar-refractivity contribution in [2.75, 3.05) is 18.5 Å². The Hall–Kier alpha value is -3.88. The molecule has 3 aromatic rings. The summed E-state index contributed by atoms with van der Waals surface area (Å²) < 4.78 is 6.69. The monoisotopic (exact) mass is 452 g/mol. The molecular formula is C24H28N4O5. The van der Waals surface area contributed by atoms with Gasteiger partial charge in [0, 0.05) is 11.8 Å². The molecule has 2 aromatic heterocycles. The van der Waals surface area contributed by atoms with Gasteiger partial charge in [-0.1, -0.05) is 38.1 Å². The van der Waals surface area contributed by atoms with Crippen LogP contribution in [0, 0.1) is 0 Å². The zero-order chi connectivity index (χ0) is 24.1. The van der Waals surface area contributed by atoms with Crippen LogP contribution in [0.4, 0.5) is 5.82 Å². The normalized spacial score (nSPS) is 11.9. The number of ether oxygens (including phenoxy) is 1. The van der Waals surface area contributed by atoms with Crippen LogP contribution in [0.5, 0.6) is 0 Å². The van der Waals surface area contributed by atoms with Gasteiger partial charge in [-0.2, -0.15) is 0 Å². The molecule has 0 saturated carbocycles. The van der Waals surface area contributed by atoms with E-state index in [0.29, 0.717) is 23.1 Å². The molecule has 0 radical (unpaired) electrons. The molecule has 0 aliphatic rings. The van der Waals surface area contributed by atoms with E-state index < -0.39 is 23.9 Å². The van der Waals surface area contributed by atoms with Gasteiger partial charge < -0.3 is 20.5 Å². The van der Waals surface area contributed by atoms with Crippen LogP contribution in [0.2, 0.25) is 0 Å². The predicted molar refractivity (Wildman–Crippen MR) is 124 cm³/mol. The fraction of sp³-hybridized carbons (Fsp3) is 0.333. The zero-order valence-corrected chi connectivity index (χ0v) is 19.1. The molecule has 0 spiro atoms. The third-order valence-electron chi connectivity index (χ3n) is 5.17. The van der Waals surface area contributed by atoms with Crippen molar-refractivity contribution in [2.45, 2.75) is 39.7 Å². The van der Waals surface area contributed by atoms with E-state index in [1.54, 1.807) is 29.7 Å². The summed E-state index contributed by atoms with van der Waals surface area (Å²) >= 11 is 0. The molecule has 9 heteroatoms. The van der Waals surface area contributed by atoms with Crippen molar-refractivity contribution < 1.29 is 24.2 Å². The van der Waals surface area contributed by atoms with Gasteiger partial charge in [0.1, 0.15) is 24.1 Å². The average Bonchev–Trinajstić information content (AvgIpc) is 3.16. The lowest BCUT2D eigenvalue weighted by molar-refractivity contribution is -0.141. The largest absolute Gasteiger partial charge is 0.480 e. The number of hydrogen-bond acceptors (Lipinski definition) is 6. The summed E-state index contributed by atoms with van der Waals surface area (Å²) in [5.41, 5.74) is 3.09. The number of esters is 1. The van der Waals surface area contributed by atoms with Gasteiger partial charge >= 0.3 is 11.9 Å². The molecule has 0 bridgehead atoms. The number of aromatic nitrogens is 2. The van der Waals surface area contributed by atoms with Gasteiger partial charge in [-0.25, -0.2) is 4.98 Å². The van der Waals surface area contributed by atoms with Gasteiger partial charge in [0.15, 0.2) is 5.65 Å². The number of fused-ring (bicyclic) bond motifs is 1. The van der Waals surface area contributed by atoms with Crippen LogP contribution in [-0.2, 0) is 14.3 Å². The number of hydrogen-bond donors (Lipinski definition) is 3. The Morgan fingerprint density at radius 3 is 2.42 bits per heavy atom. The lowest BCUT2D eigenvalue weighted by Crippen LogP contribution is -2.38. The molecule has 0 aliphatic heterocycles. The molecule has 1 aromatic carbocycles. The topological polar surface area (TPSA) is 122 Å². The minimum atomic E-state index is -1.14. The lowest BCUT2D eigenvalue weighted by atomic mass is 10.0. The van der Waals surface area contributed by atoms with Gasteiger partial charge in [-0.3, -0.25) is 18.8 Å². The zero-order valence-electron chi connectivity index (χ0n) is 19.1. The number of amides is 1. The van der Waals surface area contributed by atoms with E-state index in [9.17, 15) is 14.4 Å². The van der Waals surface area contributed by atoms with Crippen LogP contribution in [0.1, 0.15) is 49.5 Å². The van der Waals surface area contributed by atoms with Crippen LogP contribution < -0.4 is 10.6 Å². The summed E-state index contributed by atoms with van der Waals surface area (Å²) in [5, 5.41) is 14.7. The maximum Gasteiger partial charge on any atom is 0.325 e. The fourth-order valence-electron chi connectivity index (χ4n) is 3.35. The first-order chi connectivity index (χ1) is 15.7. The third kappa shape index (κ3) is 5.31. The quantitative estimate of drug-likeness (QED) is 0.426. The highest BCUT2D eigenvalue weighted by molar-refractivity contribution is 6.02. The molecule has 1 unspecified atom stereocenters. The summed E-state index contributed by atoms with van der Waals surface area (Å²) in [6.45, 7) is 7.52. The number of carboxylic acids is 1. The molecule has 1 atom stereocenters. The standard InChI is InChI=1S/C24H28N4O5/c1-5-33-19(29)13-25-22-20(17-10-8-16(9-11-17)14(2)3)27-21-18(7-6-12-28(21)22)23(30)26-15(4)24(31)32/h6-12,14-15,25H,5,13H2,1-4H3,(H,26,30)(H,31,32). The average molecular weight is 453 g/mol. The summed E-state index contributed by atoms with van der Waals surface area (Å²) in [4.78, 5) is 40.6. The van der Waals surface area contributed by atoms with Gasteiger partial charge in [-0.05, 0) is 37.5 Å². The highest BCUT2D eigenvalue weighted by Crippen LogP contribution is 2.31. The van der Waals surface area contributed by atoms with Crippen LogP contribution in [0.25, 0.3) is 16.9 Å². The van der Waals surface area contributed by atoms with E-state index >= 15 is 0 Å². The van der Waals surface area contributed by atoms with E-state index in [1.165, 1.54) is 12.5 Å². The second-order valence-corrected chi connectivity index (χ2v) is 7.89. The number of aliphatic carboxylic acids is 1. The molecule has 3 N–H and O–H groups in total. The number of anilines is 1. The van der Waals surface area contributed by atoms with Gasteiger partial charge in [-0.15, -0.1) is 0 Å². The van der Waals surface area contributed by atoms with Crippen molar-refractivity contribution in [1.82, 2.24) is 14.7 Å². The Balaban J connectivity index is 2.09. The number of rotatable bonds is 9. The second kappa shape index (κ2) is 10.2. The van der Waals surface area contributed by atoms with E-state index in [0.717, 1.165) is 5.56 Å². The summed E-state index contributed by atoms with van der Waals surface area (Å²) in [6.07, 6.45) is 1.72. The maximum atomic E-state index is 12.8. The molecule has 2 heterocycles. The Morgan fingerprint density at radius 2 is 1.82 bits per heavy atom. The van der Waals surface area contributed by atoms with Crippen LogP contribution in [0.3, 0.4) is 0 Å². The summed E-state index contributed by atoms with van der Waals surface area (Å²) in [7, 11) is 0. The molecular weight excluding hydrogens is 424 g/mol. The fourth-order valence-corrected chi connectivity index (χ4v) is 3.35. The first kappa shape index (κ1) is 23.8. The Bertz CT molecular complexity index is 1170. The van der Waals surface area contributed by atoms with E-state index in [2.05, 4.69) is 24.5 Å². The molecule has 33 heavy (non-hydrogen) atoms. The highest BCUT2D eigenvalue weighted by atomic mass is 16.5. The number of imidazole rings is 1.